The summed E-state index contributed by atoms with van der Waals surface area (Å²) in [6.07, 6.45) is 0.996. The van der Waals surface area contributed by atoms with E-state index in [0.29, 0.717) is 6.04 Å². The third-order valence-electron chi connectivity index (χ3n) is 3.57. The second kappa shape index (κ2) is 6.75. The molecule has 3 heteroatoms. The smallest absolute Gasteiger partial charge is 0.0931 e. The molecule has 20 heavy (non-hydrogen) atoms. The van der Waals surface area contributed by atoms with Gasteiger partial charge in [-0.05, 0) is 56.1 Å². The van der Waals surface area contributed by atoms with Crippen molar-refractivity contribution in [3.8, 4) is 0 Å². The Balaban J connectivity index is 2.33. The summed E-state index contributed by atoms with van der Waals surface area (Å²) in [5.41, 5.74) is 5.51. The minimum absolute atomic E-state index is 0.357. The Morgan fingerprint density at radius 3 is 2.30 bits per heavy atom. The Hall–Kier alpha value is -0.830. The average Bonchev–Trinajstić information content (AvgIpc) is 2.73. The zero-order valence-corrected chi connectivity index (χ0v) is 14.2. The molecule has 0 bridgehead atoms. The standard InChI is InChI=1S/C17H22ClNS/c1-5-19-15(10-14-6-7-16(18)20-14)17-12(3)8-11(2)9-13(17)4/h6-9,15,19H,5,10H2,1-4H3. The van der Waals surface area contributed by atoms with Crippen LogP contribution in [0, 0.1) is 20.8 Å². The lowest BCUT2D eigenvalue weighted by atomic mass is 9.92. The van der Waals surface area contributed by atoms with Crippen LogP contribution in [-0.4, -0.2) is 6.54 Å². The highest BCUT2D eigenvalue weighted by Crippen LogP contribution is 2.30. The lowest BCUT2D eigenvalue weighted by molar-refractivity contribution is 0.548. The summed E-state index contributed by atoms with van der Waals surface area (Å²) in [5.74, 6) is 0. The van der Waals surface area contributed by atoms with Crippen molar-refractivity contribution in [2.24, 2.45) is 0 Å². The Morgan fingerprint density at radius 1 is 1.15 bits per heavy atom. The molecule has 1 atom stereocenters. The third-order valence-corrected chi connectivity index (χ3v) is 4.82. The molecule has 0 saturated heterocycles. The van der Waals surface area contributed by atoms with Gasteiger partial charge < -0.3 is 5.32 Å². The molecule has 0 radical (unpaired) electrons. The number of rotatable bonds is 5. The fraction of sp³-hybridized carbons (Fsp3) is 0.412. The first kappa shape index (κ1) is 15.6. The molecule has 0 amide bonds. The lowest BCUT2D eigenvalue weighted by Crippen LogP contribution is -2.24. The second-order valence-corrected chi connectivity index (χ2v) is 7.13. The molecule has 0 aliphatic heterocycles. The van der Waals surface area contributed by atoms with E-state index >= 15 is 0 Å². The van der Waals surface area contributed by atoms with Crippen molar-refractivity contribution in [2.45, 2.75) is 40.2 Å². The second-order valence-electron chi connectivity index (χ2n) is 5.33. The molecule has 1 N–H and O–H groups in total. The zero-order chi connectivity index (χ0) is 14.7. The van der Waals surface area contributed by atoms with Gasteiger partial charge in [0.15, 0.2) is 0 Å². The number of nitrogens with one attached hydrogen (secondary N) is 1. The predicted octanol–water partition coefficient (Wildman–Crippen LogP) is 5.22. The number of likely N-dealkylation sites (N-methyl/N-ethyl adjacent to an activating group) is 1. The fourth-order valence-corrected chi connectivity index (χ4v) is 4.06. The largest absolute Gasteiger partial charge is 0.310 e. The SMILES string of the molecule is CCNC(Cc1ccc(Cl)s1)c1c(C)cc(C)cc1C. The summed E-state index contributed by atoms with van der Waals surface area (Å²) in [7, 11) is 0. The first-order valence-electron chi connectivity index (χ1n) is 7.06. The summed E-state index contributed by atoms with van der Waals surface area (Å²) in [6, 6.07) is 9.02. The first-order chi connectivity index (χ1) is 9.51. The summed E-state index contributed by atoms with van der Waals surface area (Å²) in [6.45, 7) is 9.71. The number of benzene rings is 1. The van der Waals surface area contributed by atoms with Crippen molar-refractivity contribution >= 4 is 22.9 Å². The third kappa shape index (κ3) is 3.63. The van der Waals surface area contributed by atoms with Crippen molar-refractivity contribution in [1.82, 2.24) is 5.32 Å². The minimum atomic E-state index is 0.357. The van der Waals surface area contributed by atoms with E-state index in [4.69, 9.17) is 11.6 Å². The van der Waals surface area contributed by atoms with Gasteiger partial charge in [0, 0.05) is 17.3 Å². The van der Waals surface area contributed by atoms with Crippen LogP contribution in [0.25, 0.3) is 0 Å². The number of hydrogen-bond donors (Lipinski definition) is 1. The molecule has 1 aromatic heterocycles. The van der Waals surface area contributed by atoms with Crippen LogP contribution in [0.4, 0.5) is 0 Å². The van der Waals surface area contributed by atoms with Crippen LogP contribution in [0.5, 0.6) is 0 Å². The van der Waals surface area contributed by atoms with E-state index in [1.165, 1.54) is 27.1 Å². The van der Waals surface area contributed by atoms with E-state index in [0.717, 1.165) is 17.3 Å². The van der Waals surface area contributed by atoms with E-state index in [9.17, 15) is 0 Å². The van der Waals surface area contributed by atoms with Crippen LogP contribution < -0.4 is 5.32 Å². The number of halogens is 1. The van der Waals surface area contributed by atoms with Gasteiger partial charge in [0.05, 0.1) is 4.34 Å². The van der Waals surface area contributed by atoms with Crippen LogP contribution in [0.3, 0.4) is 0 Å². The molecule has 1 heterocycles. The van der Waals surface area contributed by atoms with Crippen molar-refractivity contribution in [2.75, 3.05) is 6.54 Å². The van der Waals surface area contributed by atoms with Gasteiger partial charge in [-0.2, -0.15) is 0 Å². The van der Waals surface area contributed by atoms with Gasteiger partial charge in [0.25, 0.3) is 0 Å². The Morgan fingerprint density at radius 2 is 1.80 bits per heavy atom. The number of aryl methyl sites for hydroxylation is 3. The van der Waals surface area contributed by atoms with Crippen molar-refractivity contribution in [1.29, 1.82) is 0 Å². The molecule has 2 aromatic rings. The van der Waals surface area contributed by atoms with E-state index in [2.05, 4.69) is 51.2 Å². The van der Waals surface area contributed by atoms with Crippen molar-refractivity contribution < 1.29 is 0 Å². The van der Waals surface area contributed by atoms with Gasteiger partial charge in [-0.25, -0.2) is 0 Å². The molecule has 1 unspecified atom stereocenters. The minimum Gasteiger partial charge on any atom is -0.310 e. The van der Waals surface area contributed by atoms with Gasteiger partial charge >= 0.3 is 0 Å². The highest BCUT2D eigenvalue weighted by molar-refractivity contribution is 7.16. The molecule has 1 aromatic carbocycles. The van der Waals surface area contributed by atoms with Crippen LogP contribution in [0.15, 0.2) is 24.3 Å². The van der Waals surface area contributed by atoms with Crippen molar-refractivity contribution in [3.63, 3.8) is 0 Å². The number of hydrogen-bond acceptors (Lipinski definition) is 2. The molecule has 0 saturated carbocycles. The van der Waals surface area contributed by atoms with Gasteiger partial charge in [0.2, 0.25) is 0 Å². The molecule has 108 valence electrons. The van der Waals surface area contributed by atoms with E-state index in [-0.39, 0.29) is 0 Å². The van der Waals surface area contributed by atoms with Crippen LogP contribution in [-0.2, 0) is 6.42 Å². The number of thiophene rings is 1. The summed E-state index contributed by atoms with van der Waals surface area (Å²) in [4.78, 5) is 1.33. The molecule has 0 aliphatic carbocycles. The lowest BCUT2D eigenvalue weighted by Gasteiger charge is -2.22. The normalized spacial score (nSPS) is 12.7. The summed E-state index contributed by atoms with van der Waals surface area (Å²) >= 11 is 7.73. The summed E-state index contributed by atoms with van der Waals surface area (Å²) < 4.78 is 0.868. The van der Waals surface area contributed by atoms with Crippen LogP contribution in [0.1, 0.15) is 40.1 Å². The van der Waals surface area contributed by atoms with Crippen molar-refractivity contribution in [3.05, 3.63) is 55.7 Å². The molecular weight excluding hydrogens is 286 g/mol. The molecule has 0 aliphatic rings. The maximum Gasteiger partial charge on any atom is 0.0931 e. The van der Waals surface area contributed by atoms with E-state index < -0.39 is 0 Å². The average molecular weight is 308 g/mol. The monoisotopic (exact) mass is 307 g/mol. The van der Waals surface area contributed by atoms with Gasteiger partial charge in [-0.15, -0.1) is 11.3 Å². The van der Waals surface area contributed by atoms with E-state index in [1.807, 2.05) is 6.07 Å². The summed E-state index contributed by atoms with van der Waals surface area (Å²) in [5, 5.41) is 3.62. The van der Waals surface area contributed by atoms with Gasteiger partial charge in [-0.1, -0.05) is 36.2 Å². The van der Waals surface area contributed by atoms with Gasteiger partial charge in [0.1, 0.15) is 0 Å². The Bertz CT molecular complexity index is 565. The maximum absolute atomic E-state index is 6.05. The Labute approximate surface area is 131 Å². The van der Waals surface area contributed by atoms with Gasteiger partial charge in [-0.3, -0.25) is 0 Å². The van der Waals surface area contributed by atoms with Crippen LogP contribution >= 0.6 is 22.9 Å². The zero-order valence-electron chi connectivity index (χ0n) is 12.6. The van der Waals surface area contributed by atoms with Crippen LogP contribution in [0.2, 0.25) is 4.34 Å². The van der Waals surface area contributed by atoms with E-state index in [1.54, 1.807) is 11.3 Å². The highest BCUT2D eigenvalue weighted by atomic mass is 35.5. The highest BCUT2D eigenvalue weighted by Gasteiger charge is 2.17. The molecule has 1 nitrogen and oxygen atoms in total. The Kier molecular flexibility index (Phi) is 5.25. The predicted molar refractivity (Wildman–Crippen MR) is 90.1 cm³/mol. The molecular formula is C17H22ClNS. The first-order valence-corrected chi connectivity index (χ1v) is 8.26. The molecule has 0 fully saturated rings. The molecule has 2 rings (SSSR count). The maximum atomic E-state index is 6.05. The fourth-order valence-electron chi connectivity index (χ4n) is 2.93. The topological polar surface area (TPSA) is 12.0 Å². The quantitative estimate of drug-likeness (QED) is 0.798. The molecule has 0 spiro atoms.